The van der Waals surface area contributed by atoms with Crippen LogP contribution < -0.4 is 5.32 Å². The van der Waals surface area contributed by atoms with Crippen LogP contribution >= 0.6 is 22.6 Å². The molecule has 0 radical (unpaired) electrons. The number of nitrogens with one attached hydrogen (secondary N) is 1. The SMILES string of the molecule is CC(CN(C)C(=O)Nc1cc(F)c(F)cc1I)C(=O)O. The van der Waals surface area contributed by atoms with Gasteiger partial charge in [0.25, 0.3) is 0 Å². The Morgan fingerprint density at radius 2 is 1.95 bits per heavy atom. The first kappa shape index (κ1) is 16.6. The maximum atomic E-state index is 13.1. The summed E-state index contributed by atoms with van der Waals surface area (Å²) in [6.07, 6.45) is 0. The molecule has 1 atom stereocenters. The lowest BCUT2D eigenvalue weighted by Crippen LogP contribution is -2.36. The molecule has 0 aliphatic rings. The molecule has 0 saturated carbocycles. The van der Waals surface area contributed by atoms with Crippen LogP contribution in [0.3, 0.4) is 0 Å². The minimum absolute atomic E-state index is 0.00141. The lowest BCUT2D eigenvalue weighted by Gasteiger charge is -2.20. The highest BCUT2D eigenvalue weighted by atomic mass is 127. The van der Waals surface area contributed by atoms with Crippen molar-refractivity contribution >= 4 is 40.3 Å². The van der Waals surface area contributed by atoms with Crippen molar-refractivity contribution in [2.24, 2.45) is 5.92 Å². The second-order valence-corrected chi connectivity index (χ2v) is 5.46. The van der Waals surface area contributed by atoms with Gasteiger partial charge in [0.05, 0.1) is 11.6 Å². The van der Waals surface area contributed by atoms with Gasteiger partial charge in [-0.25, -0.2) is 13.6 Å². The first-order chi connectivity index (χ1) is 9.22. The lowest BCUT2D eigenvalue weighted by molar-refractivity contribution is -0.141. The number of halogens is 3. The zero-order chi connectivity index (χ0) is 15.4. The quantitative estimate of drug-likeness (QED) is 0.606. The average Bonchev–Trinajstić information content (AvgIpc) is 2.35. The first-order valence-corrected chi connectivity index (χ1v) is 6.69. The summed E-state index contributed by atoms with van der Waals surface area (Å²) in [7, 11) is 1.42. The molecule has 0 spiro atoms. The van der Waals surface area contributed by atoms with Gasteiger partial charge in [0.1, 0.15) is 0 Å². The molecule has 5 nitrogen and oxygen atoms in total. The van der Waals surface area contributed by atoms with Crippen molar-refractivity contribution in [1.29, 1.82) is 0 Å². The summed E-state index contributed by atoms with van der Waals surface area (Å²) < 4.78 is 26.4. The highest BCUT2D eigenvalue weighted by molar-refractivity contribution is 14.1. The summed E-state index contributed by atoms with van der Waals surface area (Å²) in [5.74, 6) is -3.82. The van der Waals surface area contributed by atoms with Crippen molar-refractivity contribution in [1.82, 2.24) is 4.90 Å². The maximum Gasteiger partial charge on any atom is 0.321 e. The van der Waals surface area contributed by atoms with Crippen LogP contribution in [-0.4, -0.2) is 35.6 Å². The number of carboxylic acid groups (broad SMARTS) is 1. The molecule has 2 N–H and O–H groups in total. The zero-order valence-electron chi connectivity index (χ0n) is 10.8. The molecule has 2 amide bonds. The van der Waals surface area contributed by atoms with Gasteiger partial charge >= 0.3 is 12.0 Å². The monoisotopic (exact) mass is 398 g/mol. The van der Waals surface area contributed by atoms with E-state index >= 15 is 0 Å². The molecule has 1 rings (SSSR count). The summed E-state index contributed by atoms with van der Waals surface area (Å²) in [5.41, 5.74) is 0.129. The topological polar surface area (TPSA) is 69.6 Å². The third-order valence-electron chi connectivity index (χ3n) is 2.57. The molecule has 20 heavy (non-hydrogen) atoms. The summed E-state index contributed by atoms with van der Waals surface area (Å²) in [4.78, 5) is 23.7. The highest BCUT2D eigenvalue weighted by Gasteiger charge is 2.18. The predicted molar refractivity (Wildman–Crippen MR) is 77.5 cm³/mol. The average molecular weight is 398 g/mol. The largest absolute Gasteiger partial charge is 0.481 e. The van der Waals surface area contributed by atoms with Crippen molar-refractivity contribution < 1.29 is 23.5 Å². The van der Waals surface area contributed by atoms with Gasteiger partial charge in [0.15, 0.2) is 11.6 Å². The van der Waals surface area contributed by atoms with Gasteiger partial charge in [-0.15, -0.1) is 0 Å². The number of hydrogen-bond donors (Lipinski definition) is 2. The van der Waals surface area contributed by atoms with Gasteiger partial charge in [-0.3, -0.25) is 4.79 Å². The Labute approximate surface area is 128 Å². The fourth-order valence-electron chi connectivity index (χ4n) is 1.40. The van der Waals surface area contributed by atoms with Gasteiger partial charge in [-0.1, -0.05) is 6.92 Å². The number of carbonyl (C=O) groups excluding carboxylic acids is 1. The number of urea groups is 1. The number of amides is 2. The first-order valence-electron chi connectivity index (χ1n) is 5.61. The molecule has 0 bridgehead atoms. The van der Waals surface area contributed by atoms with Gasteiger partial charge in [-0.2, -0.15) is 0 Å². The summed E-state index contributed by atoms with van der Waals surface area (Å²) in [6, 6.07) is 1.25. The van der Waals surface area contributed by atoms with E-state index in [0.29, 0.717) is 3.57 Å². The van der Waals surface area contributed by atoms with Crippen LogP contribution in [0.5, 0.6) is 0 Å². The summed E-state index contributed by atoms with van der Waals surface area (Å²) >= 11 is 1.76. The Morgan fingerprint density at radius 1 is 1.40 bits per heavy atom. The van der Waals surface area contributed by atoms with E-state index in [4.69, 9.17) is 5.11 Å². The van der Waals surface area contributed by atoms with E-state index in [1.807, 2.05) is 0 Å². The smallest absolute Gasteiger partial charge is 0.321 e. The van der Waals surface area contributed by atoms with Crippen LogP contribution in [0.25, 0.3) is 0 Å². The zero-order valence-corrected chi connectivity index (χ0v) is 12.9. The van der Waals surface area contributed by atoms with Crippen LogP contribution in [0.2, 0.25) is 0 Å². The van der Waals surface area contributed by atoms with Crippen LogP contribution in [-0.2, 0) is 4.79 Å². The van der Waals surface area contributed by atoms with Crippen molar-refractivity contribution in [3.8, 4) is 0 Å². The lowest BCUT2D eigenvalue weighted by atomic mass is 10.2. The van der Waals surface area contributed by atoms with Crippen LogP contribution in [0.4, 0.5) is 19.3 Å². The molecular weight excluding hydrogens is 385 g/mol. The molecule has 0 fully saturated rings. The molecule has 0 saturated heterocycles. The molecule has 0 aromatic heterocycles. The second-order valence-electron chi connectivity index (χ2n) is 4.30. The van der Waals surface area contributed by atoms with Crippen molar-refractivity contribution in [3.63, 3.8) is 0 Å². The molecule has 0 aliphatic carbocycles. The number of carbonyl (C=O) groups is 2. The normalized spacial score (nSPS) is 11.8. The number of anilines is 1. The number of carboxylic acids is 1. The predicted octanol–water partition coefficient (Wildman–Crippen LogP) is 2.75. The third kappa shape index (κ3) is 4.29. The molecule has 0 heterocycles. The summed E-state index contributed by atoms with van der Waals surface area (Å²) in [6.45, 7) is 1.47. The fraction of sp³-hybridized carbons (Fsp3) is 0.333. The number of rotatable bonds is 4. The molecule has 1 aromatic rings. The van der Waals surface area contributed by atoms with E-state index in [9.17, 15) is 18.4 Å². The van der Waals surface area contributed by atoms with Gasteiger partial charge in [0.2, 0.25) is 0 Å². The van der Waals surface area contributed by atoms with Crippen molar-refractivity contribution in [2.45, 2.75) is 6.92 Å². The molecular formula is C12H13F2IN2O3. The van der Waals surface area contributed by atoms with Gasteiger partial charge < -0.3 is 15.3 Å². The standard InChI is InChI=1S/C12H13F2IN2O3/c1-6(11(18)19)5-17(2)12(20)16-10-4-8(14)7(13)3-9(10)15/h3-4,6H,5H2,1-2H3,(H,16,20)(H,18,19). The number of nitrogens with zero attached hydrogens (tertiary/aromatic N) is 1. The van der Waals surface area contributed by atoms with E-state index < -0.39 is 29.6 Å². The van der Waals surface area contributed by atoms with Gasteiger partial charge in [0, 0.05) is 23.2 Å². The van der Waals surface area contributed by atoms with Crippen molar-refractivity contribution in [2.75, 3.05) is 18.9 Å². The Bertz CT molecular complexity index is 540. The highest BCUT2D eigenvalue weighted by Crippen LogP contribution is 2.22. The molecule has 8 heteroatoms. The van der Waals surface area contributed by atoms with Gasteiger partial charge in [-0.05, 0) is 28.7 Å². The Balaban J connectivity index is 2.76. The second kappa shape index (κ2) is 6.82. The van der Waals surface area contributed by atoms with E-state index in [-0.39, 0.29) is 12.2 Å². The van der Waals surface area contributed by atoms with E-state index in [2.05, 4.69) is 5.32 Å². The number of aliphatic carboxylic acids is 1. The maximum absolute atomic E-state index is 13.1. The Kier molecular flexibility index (Phi) is 5.66. The van der Waals surface area contributed by atoms with Crippen molar-refractivity contribution in [3.05, 3.63) is 27.3 Å². The number of benzene rings is 1. The molecule has 1 unspecified atom stereocenters. The van der Waals surface area contributed by atoms with Crippen LogP contribution in [0, 0.1) is 21.1 Å². The molecule has 110 valence electrons. The molecule has 0 aliphatic heterocycles. The third-order valence-corrected chi connectivity index (χ3v) is 3.46. The van der Waals surface area contributed by atoms with E-state index in [1.54, 1.807) is 22.6 Å². The molecule has 1 aromatic carbocycles. The summed E-state index contributed by atoms with van der Waals surface area (Å²) in [5, 5.41) is 11.2. The minimum Gasteiger partial charge on any atom is -0.481 e. The Hall–Kier alpha value is -1.45. The van der Waals surface area contributed by atoms with E-state index in [1.165, 1.54) is 14.0 Å². The van der Waals surface area contributed by atoms with Crippen LogP contribution in [0.15, 0.2) is 12.1 Å². The van der Waals surface area contributed by atoms with Crippen LogP contribution in [0.1, 0.15) is 6.92 Å². The minimum atomic E-state index is -1.07. The Morgan fingerprint density at radius 3 is 2.50 bits per heavy atom. The number of hydrogen-bond acceptors (Lipinski definition) is 2. The van der Waals surface area contributed by atoms with E-state index in [0.717, 1.165) is 17.0 Å². The fourth-order valence-corrected chi connectivity index (χ4v) is 1.96.